The summed E-state index contributed by atoms with van der Waals surface area (Å²) < 4.78 is 1.55. The minimum Gasteiger partial charge on any atom is -0.274 e. The molecule has 0 fully saturated rings. The number of carbonyl (C=O) groups excluding carboxylic acids is 1. The van der Waals surface area contributed by atoms with Crippen LogP contribution in [-0.2, 0) is 10.5 Å². The van der Waals surface area contributed by atoms with Gasteiger partial charge in [0, 0.05) is 24.3 Å². The topological polar surface area (TPSA) is 81.0 Å². The highest BCUT2D eigenvalue weighted by Crippen LogP contribution is 2.31. The van der Waals surface area contributed by atoms with E-state index in [1.54, 1.807) is 21.7 Å². The lowest BCUT2D eigenvalue weighted by atomic mass is 10.2. The van der Waals surface area contributed by atoms with Crippen molar-refractivity contribution >= 4 is 50.7 Å². The van der Waals surface area contributed by atoms with E-state index < -0.39 is 0 Å². The highest BCUT2D eigenvalue weighted by Gasteiger charge is 2.19. The summed E-state index contributed by atoms with van der Waals surface area (Å²) in [5, 5.41) is 3.60. The number of benzene rings is 2. The molecule has 0 aliphatic carbocycles. The van der Waals surface area contributed by atoms with Crippen molar-refractivity contribution in [2.45, 2.75) is 24.8 Å². The van der Waals surface area contributed by atoms with Gasteiger partial charge in [-0.3, -0.25) is 14.5 Å². The van der Waals surface area contributed by atoms with Crippen LogP contribution in [0.25, 0.3) is 16.7 Å². The SMILES string of the molecule is CC(=O)N(c1ccccc1)c1nc(CSc2nc3ccccc3c(=O)n2-c2cc(C)ccn2)cs1. The molecule has 35 heavy (non-hydrogen) atoms. The number of carbonyl (C=O) groups is 1. The molecule has 0 aliphatic rings. The van der Waals surface area contributed by atoms with Crippen LogP contribution >= 0.6 is 23.1 Å². The maximum atomic E-state index is 13.4. The van der Waals surface area contributed by atoms with Crippen molar-refractivity contribution in [3.8, 4) is 5.82 Å². The van der Waals surface area contributed by atoms with Gasteiger partial charge in [-0.15, -0.1) is 11.3 Å². The van der Waals surface area contributed by atoms with Gasteiger partial charge in [-0.1, -0.05) is 42.1 Å². The second kappa shape index (κ2) is 9.81. The molecule has 3 aromatic heterocycles. The highest BCUT2D eigenvalue weighted by atomic mass is 32.2. The Morgan fingerprint density at radius 2 is 1.83 bits per heavy atom. The number of aryl methyl sites for hydroxylation is 1. The average Bonchev–Trinajstić information content (AvgIpc) is 3.31. The lowest BCUT2D eigenvalue weighted by Crippen LogP contribution is -2.23. The van der Waals surface area contributed by atoms with E-state index in [4.69, 9.17) is 9.97 Å². The zero-order chi connectivity index (χ0) is 24.4. The zero-order valence-electron chi connectivity index (χ0n) is 19.1. The van der Waals surface area contributed by atoms with Gasteiger partial charge in [0.15, 0.2) is 10.3 Å². The fourth-order valence-electron chi connectivity index (χ4n) is 3.66. The first-order valence-electron chi connectivity index (χ1n) is 10.9. The van der Waals surface area contributed by atoms with E-state index >= 15 is 0 Å². The molecule has 174 valence electrons. The number of para-hydroxylation sites is 2. The molecule has 9 heteroatoms. The normalized spacial score (nSPS) is 11.0. The number of hydrogen-bond donors (Lipinski definition) is 0. The van der Waals surface area contributed by atoms with Crippen LogP contribution < -0.4 is 10.5 Å². The van der Waals surface area contributed by atoms with E-state index in [2.05, 4.69) is 4.98 Å². The van der Waals surface area contributed by atoms with Crippen molar-refractivity contribution < 1.29 is 4.79 Å². The first-order chi connectivity index (χ1) is 17.0. The standard InChI is InChI=1S/C26H21N5O2S2/c1-17-12-13-27-23(14-17)31-24(33)21-10-6-7-11-22(21)29-26(31)35-16-19-15-34-25(28-19)30(18(2)32)20-8-4-3-5-9-20/h3-15H,16H2,1-2H3. The van der Waals surface area contributed by atoms with E-state index in [0.29, 0.717) is 32.8 Å². The van der Waals surface area contributed by atoms with Crippen LogP contribution in [0.2, 0.25) is 0 Å². The Morgan fingerprint density at radius 1 is 1.06 bits per heavy atom. The van der Waals surface area contributed by atoms with Crippen molar-refractivity contribution in [3.05, 3.63) is 99.9 Å². The van der Waals surface area contributed by atoms with E-state index in [9.17, 15) is 9.59 Å². The maximum absolute atomic E-state index is 13.4. The van der Waals surface area contributed by atoms with Crippen LogP contribution in [0.3, 0.4) is 0 Å². The molecule has 5 rings (SSSR count). The van der Waals surface area contributed by atoms with Crippen LogP contribution in [0.15, 0.2) is 88.3 Å². The number of amides is 1. The van der Waals surface area contributed by atoms with E-state index in [-0.39, 0.29) is 11.5 Å². The summed E-state index contributed by atoms with van der Waals surface area (Å²) in [6.07, 6.45) is 1.69. The Morgan fingerprint density at radius 3 is 2.60 bits per heavy atom. The van der Waals surface area contributed by atoms with Gasteiger partial charge in [0.25, 0.3) is 5.56 Å². The maximum Gasteiger partial charge on any atom is 0.267 e. The number of thioether (sulfide) groups is 1. The Balaban J connectivity index is 1.49. The molecule has 0 N–H and O–H groups in total. The first-order valence-corrected chi connectivity index (χ1v) is 12.8. The van der Waals surface area contributed by atoms with Crippen molar-refractivity contribution in [3.63, 3.8) is 0 Å². The number of hydrogen-bond acceptors (Lipinski definition) is 7. The molecule has 1 amide bonds. The van der Waals surface area contributed by atoms with Crippen LogP contribution in [0, 0.1) is 6.92 Å². The predicted octanol–water partition coefficient (Wildman–Crippen LogP) is 5.52. The smallest absolute Gasteiger partial charge is 0.267 e. The fourth-order valence-corrected chi connectivity index (χ4v) is 5.55. The number of pyridine rings is 1. The van der Waals surface area contributed by atoms with Gasteiger partial charge < -0.3 is 0 Å². The molecule has 0 atom stereocenters. The van der Waals surface area contributed by atoms with Gasteiger partial charge in [0.2, 0.25) is 5.91 Å². The Labute approximate surface area is 210 Å². The third kappa shape index (κ3) is 4.73. The predicted molar refractivity (Wildman–Crippen MR) is 141 cm³/mol. The average molecular weight is 500 g/mol. The number of rotatable bonds is 6. The van der Waals surface area contributed by atoms with Crippen LogP contribution in [-0.4, -0.2) is 25.4 Å². The molecule has 0 radical (unpaired) electrons. The zero-order valence-corrected chi connectivity index (χ0v) is 20.7. The number of nitrogens with zero attached hydrogens (tertiary/aromatic N) is 5. The van der Waals surface area contributed by atoms with Crippen molar-refractivity contribution in [2.75, 3.05) is 4.90 Å². The molecule has 0 saturated carbocycles. The summed E-state index contributed by atoms with van der Waals surface area (Å²) in [5.74, 6) is 0.898. The summed E-state index contributed by atoms with van der Waals surface area (Å²) in [7, 11) is 0. The summed E-state index contributed by atoms with van der Waals surface area (Å²) in [4.78, 5) is 41.3. The largest absolute Gasteiger partial charge is 0.274 e. The molecule has 2 aromatic carbocycles. The number of anilines is 2. The van der Waals surface area contributed by atoms with E-state index in [0.717, 1.165) is 16.9 Å². The van der Waals surface area contributed by atoms with Gasteiger partial charge in [-0.2, -0.15) is 0 Å². The number of aromatic nitrogens is 4. The fraction of sp³-hybridized carbons (Fsp3) is 0.115. The molecule has 0 spiro atoms. The summed E-state index contributed by atoms with van der Waals surface area (Å²) >= 11 is 2.82. The molecular weight excluding hydrogens is 478 g/mol. The minimum atomic E-state index is -0.165. The lowest BCUT2D eigenvalue weighted by Gasteiger charge is -2.17. The van der Waals surface area contributed by atoms with Crippen molar-refractivity contribution in [1.29, 1.82) is 0 Å². The first kappa shape index (κ1) is 22.9. The van der Waals surface area contributed by atoms with Gasteiger partial charge in [0.1, 0.15) is 5.82 Å². The molecule has 7 nitrogen and oxygen atoms in total. The number of thiazole rings is 1. The minimum absolute atomic E-state index is 0.111. The summed E-state index contributed by atoms with van der Waals surface area (Å²) in [6.45, 7) is 3.48. The summed E-state index contributed by atoms with van der Waals surface area (Å²) in [6, 6.07) is 20.5. The molecule has 3 heterocycles. The van der Waals surface area contributed by atoms with Gasteiger partial charge in [-0.05, 0) is 48.9 Å². The third-order valence-electron chi connectivity index (χ3n) is 5.28. The molecule has 0 bridgehead atoms. The highest BCUT2D eigenvalue weighted by molar-refractivity contribution is 7.98. The monoisotopic (exact) mass is 499 g/mol. The van der Waals surface area contributed by atoms with Crippen LogP contribution in [0.5, 0.6) is 0 Å². The Hall–Kier alpha value is -3.82. The molecule has 0 saturated heterocycles. The van der Waals surface area contributed by atoms with E-state index in [1.165, 1.54) is 30.0 Å². The number of fused-ring (bicyclic) bond motifs is 1. The second-order valence-electron chi connectivity index (χ2n) is 7.84. The quantitative estimate of drug-likeness (QED) is 0.226. The van der Waals surface area contributed by atoms with Crippen molar-refractivity contribution in [1.82, 2.24) is 19.5 Å². The summed E-state index contributed by atoms with van der Waals surface area (Å²) in [5.41, 5.74) is 3.03. The van der Waals surface area contributed by atoms with Crippen molar-refractivity contribution in [2.24, 2.45) is 0 Å². The van der Waals surface area contributed by atoms with Crippen LogP contribution in [0.1, 0.15) is 18.2 Å². The molecule has 0 unspecified atom stereocenters. The second-order valence-corrected chi connectivity index (χ2v) is 9.62. The molecule has 0 aliphatic heterocycles. The Kier molecular flexibility index (Phi) is 6.43. The Bertz CT molecular complexity index is 1580. The molecule has 5 aromatic rings. The van der Waals surface area contributed by atoms with Crippen LogP contribution in [0.4, 0.5) is 10.8 Å². The van der Waals surface area contributed by atoms with Gasteiger partial charge in [0.05, 0.1) is 22.3 Å². The van der Waals surface area contributed by atoms with Gasteiger partial charge >= 0.3 is 0 Å². The van der Waals surface area contributed by atoms with E-state index in [1.807, 2.05) is 73.0 Å². The third-order valence-corrected chi connectivity index (χ3v) is 7.13. The lowest BCUT2D eigenvalue weighted by molar-refractivity contribution is -0.115. The molecular formula is C26H21N5O2S2. The van der Waals surface area contributed by atoms with Gasteiger partial charge in [-0.25, -0.2) is 19.5 Å².